The Bertz CT molecular complexity index is 726. The Morgan fingerprint density at radius 2 is 2.23 bits per heavy atom. The molecule has 1 aromatic rings. The van der Waals surface area contributed by atoms with Gasteiger partial charge in [0.25, 0.3) is 5.56 Å². The number of aromatic amines is 1. The highest BCUT2D eigenvalue weighted by atomic mass is 32.1. The van der Waals surface area contributed by atoms with Gasteiger partial charge in [-0.3, -0.25) is 18.9 Å². The number of aliphatic hydroxyl groups is 1. The van der Waals surface area contributed by atoms with Crippen LogP contribution in [0.1, 0.15) is 12.0 Å². The van der Waals surface area contributed by atoms with Crippen LogP contribution in [0.4, 0.5) is 0 Å². The van der Waals surface area contributed by atoms with Gasteiger partial charge in [0.2, 0.25) is 0 Å². The summed E-state index contributed by atoms with van der Waals surface area (Å²) in [6.07, 6.45) is -1.17. The summed E-state index contributed by atoms with van der Waals surface area (Å²) in [7, 11) is -4.71. The van der Waals surface area contributed by atoms with E-state index in [0.717, 1.165) is 4.57 Å². The summed E-state index contributed by atoms with van der Waals surface area (Å²) in [6, 6.07) is 0. The van der Waals surface area contributed by atoms with Gasteiger partial charge in [0, 0.05) is 18.2 Å². The van der Waals surface area contributed by atoms with Gasteiger partial charge in [-0.2, -0.15) is 0 Å². The fourth-order valence-corrected chi connectivity index (χ4v) is 2.88. The number of thiol groups is 1. The third-order valence-corrected chi connectivity index (χ3v) is 4.14. The monoisotopic (exact) mass is 354 g/mol. The number of rotatable bonds is 4. The third kappa shape index (κ3) is 3.69. The molecule has 0 amide bonds. The molecule has 0 aliphatic carbocycles. The molecule has 3 atom stereocenters. The first-order valence-electron chi connectivity index (χ1n) is 6.13. The van der Waals surface area contributed by atoms with Gasteiger partial charge in [0.15, 0.2) is 5.06 Å². The fourth-order valence-electron chi connectivity index (χ4n) is 2.07. The number of aromatic nitrogens is 2. The van der Waals surface area contributed by atoms with Crippen LogP contribution in [-0.4, -0.2) is 43.3 Å². The van der Waals surface area contributed by atoms with Gasteiger partial charge in [-0.15, -0.1) is 12.6 Å². The van der Waals surface area contributed by atoms with E-state index in [0.29, 0.717) is 0 Å². The van der Waals surface area contributed by atoms with E-state index in [-0.39, 0.29) is 12.0 Å². The Kier molecular flexibility index (Phi) is 4.69. The van der Waals surface area contributed by atoms with Crippen LogP contribution in [0.15, 0.2) is 15.8 Å². The molecule has 4 N–H and O–H groups in total. The molecule has 1 saturated heterocycles. The van der Waals surface area contributed by atoms with E-state index in [1.807, 2.05) is 0 Å². The number of nitrogens with zero attached hydrogens (tertiary/aromatic N) is 1. The molecule has 0 spiro atoms. The summed E-state index contributed by atoms with van der Waals surface area (Å²) >= 11 is 4.21. The van der Waals surface area contributed by atoms with Crippen molar-refractivity contribution in [2.24, 2.45) is 0 Å². The molecule has 1 fully saturated rings. The second-order valence-electron chi connectivity index (χ2n) is 4.90. The number of phosphoric acid groups is 1. The zero-order chi connectivity index (χ0) is 16.7. The van der Waals surface area contributed by atoms with Crippen molar-refractivity contribution in [1.29, 1.82) is 0 Å². The maximum absolute atomic E-state index is 11.9. The summed E-state index contributed by atoms with van der Waals surface area (Å²) in [5.74, 6) is 0. The smallest absolute Gasteiger partial charge is 0.390 e. The summed E-state index contributed by atoms with van der Waals surface area (Å²) in [5.41, 5.74) is -1.10. The third-order valence-electron chi connectivity index (χ3n) is 3.15. The van der Waals surface area contributed by atoms with E-state index in [4.69, 9.17) is 14.5 Å². The molecule has 1 aliphatic rings. The molecule has 0 aromatic carbocycles. The number of aliphatic hydroxyl groups excluding tert-OH is 1. The van der Waals surface area contributed by atoms with Crippen molar-refractivity contribution in [2.75, 3.05) is 6.61 Å². The van der Waals surface area contributed by atoms with Crippen molar-refractivity contribution < 1.29 is 28.7 Å². The molecule has 0 bridgehead atoms. The number of aryl methyl sites for hydroxylation is 1. The molecule has 124 valence electrons. The Labute approximate surface area is 129 Å². The Balaban J connectivity index is 2.26. The average molecular weight is 354 g/mol. The van der Waals surface area contributed by atoms with E-state index >= 15 is 0 Å². The number of hydrogen-bond acceptors (Lipinski definition) is 7. The Morgan fingerprint density at radius 3 is 2.82 bits per heavy atom. The predicted molar refractivity (Wildman–Crippen MR) is 76.5 cm³/mol. The highest BCUT2D eigenvalue weighted by molar-refractivity contribution is 7.80. The largest absolute Gasteiger partial charge is 0.469 e. The maximum atomic E-state index is 11.9. The molecule has 0 unspecified atom stereocenters. The minimum atomic E-state index is -4.71. The van der Waals surface area contributed by atoms with E-state index in [1.165, 1.54) is 13.1 Å². The van der Waals surface area contributed by atoms with Gasteiger partial charge in [0.1, 0.15) is 6.10 Å². The molecule has 10 nitrogen and oxygen atoms in total. The first-order valence-corrected chi connectivity index (χ1v) is 8.11. The lowest BCUT2D eigenvalue weighted by atomic mass is 10.2. The van der Waals surface area contributed by atoms with Crippen LogP contribution in [0.25, 0.3) is 0 Å². The SMILES string of the molecule is Cc1cn([C@@]2(S)C[C@H](O)[C@@H](COP(=O)(O)O)O2)c(=O)[nH]c1=O. The molecule has 0 saturated carbocycles. The second kappa shape index (κ2) is 5.93. The van der Waals surface area contributed by atoms with Crippen LogP contribution in [-0.2, 0) is 18.9 Å². The number of nitrogens with one attached hydrogen (secondary N) is 1. The highest BCUT2D eigenvalue weighted by Crippen LogP contribution is 2.41. The molecule has 2 heterocycles. The van der Waals surface area contributed by atoms with Crippen LogP contribution in [0, 0.1) is 6.92 Å². The lowest BCUT2D eigenvalue weighted by Gasteiger charge is -2.25. The van der Waals surface area contributed by atoms with Gasteiger partial charge in [0.05, 0.1) is 12.7 Å². The van der Waals surface area contributed by atoms with E-state index < -0.39 is 42.9 Å². The van der Waals surface area contributed by atoms with Gasteiger partial charge in [-0.05, 0) is 6.92 Å². The van der Waals surface area contributed by atoms with Crippen molar-refractivity contribution in [3.05, 3.63) is 32.6 Å². The topological polar surface area (TPSA) is 151 Å². The molecule has 1 aliphatic heterocycles. The average Bonchev–Trinajstić information content (AvgIpc) is 2.66. The highest BCUT2D eigenvalue weighted by Gasteiger charge is 2.46. The number of hydrogen-bond donors (Lipinski definition) is 5. The fraction of sp³-hybridized carbons (Fsp3) is 0.600. The lowest BCUT2D eigenvalue weighted by Crippen LogP contribution is -2.41. The van der Waals surface area contributed by atoms with Crippen molar-refractivity contribution in [3.8, 4) is 0 Å². The van der Waals surface area contributed by atoms with Crippen LogP contribution in [0.2, 0.25) is 0 Å². The molecule has 12 heteroatoms. The first-order chi connectivity index (χ1) is 10.0. The predicted octanol–water partition coefficient (Wildman–Crippen LogP) is -1.36. The minimum Gasteiger partial charge on any atom is -0.390 e. The van der Waals surface area contributed by atoms with Crippen LogP contribution >= 0.6 is 20.5 Å². The van der Waals surface area contributed by atoms with E-state index in [1.54, 1.807) is 0 Å². The van der Waals surface area contributed by atoms with Crippen LogP contribution < -0.4 is 11.2 Å². The zero-order valence-corrected chi connectivity index (χ0v) is 13.2. The summed E-state index contributed by atoms with van der Waals surface area (Å²) in [6.45, 7) is 0.899. The van der Waals surface area contributed by atoms with E-state index in [2.05, 4.69) is 22.1 Å². The van der Waals surface area contributed by atoms with Gasteiger partial charge in [-0.25, -0.2) is 9.36 Å². The minimum absolute atomic E-state index is 0.142. The van der Waals surface area contributed by atoms with Crippen molar-refractivity contribution in [3.63, 3.8) is 0 Å². The first kappa shape index (κ1) is 17.4. The standard InChI is InChI=1S/C10H15N2O8PS/c1-5-3-12(9(15)11-8(5)14)10(22)2-6(13)7(20-10)4-19-21(16,17)18/h3,6-7,13,22H,2,4H2,1H3,(H,11,14,15)(H2,16,17,18)/t6-,7+,10-/m0/s1. The zero-order valence-electron chi connectivity index (χ0n) is 11.4. The summed E-state index contributed by atoms with van der Waals surface area (Å²) in [4.78, 5) is 42.6. The van der Waals surface area contributed by atoms with Crippen molar-refractivity contribution in [2.45, 2.75) is 30.6 Å². The molecule has 22 heavy (non-hydrogen) atoms. The Hall–Kier alpha value is -0.940. The van der Waals surface area contributed by atoms with E-state index in [9.17, 15) is 19.3 Å². The second-order valence-corrected chi connectivity index (χ2v) is 6.84. The normalized spacial score (nSPS) is 29.0. The number of ether oxygens (including phenoxy) is 1. The van der Waals surface area contributed by atoms with Gasteiger partial charge < -0.3 is 19.6 Å². The number of phosphoric ester groups is 1. The summed E-state index contributed by atoms with van der Waals surface area (Å²) < 4.78 is 21.4. The molecular weight excluding hydrogens is 339 g/mol. The quantitative estimate of drug-likeness (QED) is 0.329. The lowest BCUT2D eigenvalue weighted by molar-refractivity contribution is -0.0626. The summed E-state index contributed by atoms with van der Waals surface area (Å²) in [5, 5.41) is 8.33. The molecule has 0 radical (unpaired) electrons. The molecular formula is C10H15N2O8PS. The molecule has 1 aromatic heterocycles. The van der Waals surface area contributed by atoms with Crippen molar-refractivity contribution >= 4 is 20.5 Å². The van der Waals surface area contributed by atoms with Crippen molar-refractivity contribution in [1.82, 2.24) is 9.55 Å². The van der Waals surface area contributed by atoms with Crippen LogP contribution in [0.3, 0.4) is 0 Å². The van der Waals surface area contributed by atoms with Gasteiger partial charge >= 0.3 is 13.5 Å². The maximum Gasteiger partial charge on any atom is 0.469 e. The Morgan fingerprint density at radius 1 is 1.59 bits per heavy atom. The number of H-pyrrole nitrogens is 1. The van der Waals surface area contributed by atoms with Gasteiger partial charge in [-0.1, -0.05) is 0 Å². The molecule has 2 rings (SSSR count). The van der Waals surface area contributed by atoms with Crippen LogP contribution in [0.5, 0.6) is 0 Å².